The summed E-state index contributed by atoms with van der Waals surface area (Å²) >= 11 is 1.30. The van der Waals surface area contributed by atoms with Crippen molar-refractivity contribution in [1.82, 2.24) is 19.8 Å². The smallest absolute Gasteiger partial charge is 0.236 e. The van der Waals surface area contributed by atoms with E-state index in [1.807, 2.05) is 13.8 Å². The van der Waals surface area contributed by atoms with Crippen LogP contribution in [-0.4, -0.2) is 19.8 Å². The summed E-state index contributed by atoms with van der Waals surface area (Å²) in [7, 11) is 0. The predicted octanol–water partition coefficient (Wildman–Crippen LogP) is 2.27. The molecule has 0 saturated carbocycles. The van der Waals surface area contributed by atoms with E-state index >= 15 is 0 Å². The summed E-state index contributed by atoms with van der Waals surface area (Å²) in [5, 5.41) is 12.7. The fourth-order valence-electron chi connectivity index (χ4n) is 2.29. The molecule has 0 bridgehead atoms. The number of anilines is 1. The molecule has 1 aromatic carbocycles. The average molecular weight is 289 g/mol. The van der Waals surface area contributed by atoms with Crippen molar-refractivity contribution < 1.29 is 4.74 Å². The Bertz CT molecular complexity index is 753. The Labute approximate surface area is 120 Å². The lowest BCUT2D eigenvalue weighted by atomic mass is 10.1. The zero-order chi connectivity index (χ0) is 14.3. The third kappa shape index (κ3) is 2.20. The second-order valence-electron chi connectivity index (χ2n) is 4.77. The minimum atomic E-state index is 0.315. The van der Waals surface area contributed by atoms with Gasteiger partial charge in [0, 0.05) is 0 Å². The Morgan fingerprint density at radius 2 is 1.90 bits per heavy atom. The lowest BCUT2D eigenvalue weighted by Gasteiger charge is -2.12. The Balaban J connectivity index is 1.86. The zero-order valence-electron chi connectivity index (χ0n) is 11.5. The molecule has 0 aliphatic rings. The van der Waals surface area contributed by atoms with Crippen LogP contribution in [0, 0.1) is 20.8 Å². The van der Waals surface area contributed by atoms with Crippen molar-refractivity contribution >= 4 is 21.4 Å². The van der Waals surface area contributed by atoms with E-state index in [-0.39, 0.29) is 0 Å². The van der Waals surface area contributed by atoms with E-state index in [0.29, 0.717) is 22.5 Å². The second kappa shape index (κ2) is 4.75. The van der Waals surface area contributed by atoms with Gasteiger partial charge in [0.2, 0.25) is 10.1 Å². The number of aryl methyl sites for hydroxylation is 3. The summed E-state index contributed by atoms with van der Waals surface area (Å²) < 4.78 is 7.51. The van der Waals surface area contributed by atoms with E-state index in [2.05, 4.69) is 34.4 Å². The molecule has 0 radical (unpaired) electrons. The maximum Gasteiger partial charge on any atom is 0.236 e. The Hall–Kier alpha value is -2.15. The topological polar surface area (TPSA) is 78.3 Å². The molecular weight excluding hydrogens is 274 g/mol. The van der Waals surface area contributed by atoms with Crippen LogP contribution in [0.3, 0.4) is 0 Å². The fourth-order valence-corrected chi connectivity index (χ4v) is 2.92. The van der Waals surface area contributed by atoms with Crippen LogP contribution in [0.15, 0.2) is 12.1 Å². The summed E-state index contributed by atoms with van der Waals surface area (Å²) in [5.74, 6) is 1.53. The van der Waals surface area contributed by atoms with E-state index in [1.165, 1.54) is 16.9 Å². The Morgan fingerprint density at radius 3 is 2.60 bits per heavy atom. The van der Waals surface area contributed by atoms with Gasteiger partial charge in [-0.25, -0.2) is 0 Å². The number of aromatic nitrogens is 4. The first kappa shape index (κ1) is 12.9. The molecule has 0 amide bonds. The van der Waals surface area contributed by atoms with E-state index in [4.69, 9.17) is 10.5 Å². The molecule has 20 heavy (non-hydrogen) atoms. The van der Waals surface area contributed by atoms with E-state index in [0.717, 1.165) is 16.9 Å². The van der Waals surface area contributed by atoms with Crippen molar-refractivity contribution in [2.24, 2.45) is 0 Å². The maximum absolute atomic E-state index is 5.88. The normalized spacial score (nSPS) is 11.2. The van der Waals surface area contributed by atoms with Crippen LogP contribution >= 0.6 is 11.3 Å². The molecule has 6 nitrogen and oxygen atoms in total. The van der Waals surface area contributed by atoms with Crippen molar-refractivity contribution in [3.63, 3.8) is 0 Å². The zero-order valence-corrected chi connectivity index (χ0v) is 12.4. The van der Waals surface area contributed by atoms with Crippen LogP contribution < -0.4 is 10.5 Å². The molecule has 0 unspecified atom stereocenters. The third-order valence-electron chi connectivity index (χ3n) is 3.02. The summed E-state index contributed by atoms with van der Waals surface area (Å²) in [6.07, 6.45) is 0. The molecule has 104 valence electrons. The minimum Gasteiger partial charge on any atom is -0.485 e. The first-order valence-electron chi connectivity index (χ1n) is 6.22. The van der Waals surface area contributed by atoms with Gasteiger partial charge in [0.25, 0.3) is 0 Å². The summed E-state index contributed by atoms with van der Waals surface area (Å²) in [5.41, 5.74) is 9.10. The molecule has 3 rings (SSSR count). The quantitative estimate of drug-likeness (QED) is 0.800. The lowest BCUT2D eigenvalue weighted by Crippen LogP contribution is -2.04. The van der Waals surface area contributed by atoms with Gasteiger partial charge >= 0.3 is 0 Å². The third-order valence-corrected chi connectivity index (χ3v) is 3.75. The molecule has 3 aromatic rings. The van der Waals surface area contributed by atoms with Crippen LogP contribution in [0.25, 0.3) is 4.96 Å². The molecule has 7 heteroatoms. The van der Waals surface area contributed by atoms with Gasteiger partial charge in [0.15, 0.2) is 5.82 Å². The van der Waals surface area contributed by atoms with E-state index in [9.17, 15) is 0 Å². The Morgan fingerprint density at radius 1 is 1.20 bits per heavy atom. The largest absolute Gasteiger partial charge is 0.485 e. The molecule has 0 spiro atoms. The number of hydrogen-bond acceptors (Lipinski definition) is 6. The molecule has 2 heterocycles. The van der Waals surface area contributed by atoms with Crippen molar-refractivity contribution in [3.05, 3.63) is 34.6 Å². The summed E-state index contributed by atoms with van der Waals surface area (Å²) in [6.45, 7) is 6.46. The second-order valence-corrected chi connectivity index (χ2v) is 5.75. The molecule has 0 aliphatic carbocycles. The number of hydrogen-bond donors (Lipinski definition) is 1. The number of ether oxygens (including phenoxy) is 1. The average Bonchev–Trinajstić information content (AvgIpc) is 2.88. The summed E-state index contributed by atoms with van der Waals surface area (Å²) in [4.78, 5) is 0.679. The fraction of sp³-hybridized carbons (Fsp3) is 0.308. The molecule has 0 saturated heterocycles. The number of nitrogens with zero attached hydrogens (tertiary/aromatic N) is 4. The molecule has 2 aromatic heterocycles. The Kier molecular flexibility index (Phi) is 3.06. The standard InChI is InChI=1S/C13H15N5OS/c1-7-4-8(2)11(9(3)5-7)19-6-10-15-16-13-18(10)17-12(14)20-13/h4-5H,6H2,1-3H3,(H2,14,17). The van der Waals surface area contributed by atoms with Gasteiger partial charge in [-0.2, -0.15) is 4.52 Å². The number of nitrogen functional groups attached to an aromatic ring is 1. The number of fused-ring (bicyclic) bond motifs is 1. The number of nitrogens with two attached hydrogens (primary N) is 1. The number of benzene rings is 1. The number of rotatable bonds is 3. The molecule has 0 fully saturated rings. The van der Waals surface area contributed by atoms with Crippen LogP contribution in [0.1, 0.15) is 22.5 Å². The van der Waals surface area contributed by atoms with Gasteiger partial charge in [-0.1, -0.05) is 29.0 Å². The first-order valence-corrected chi connectivity index (χ1v) is 7.03. The SMILES string of the molecule is Cc1cc(C)c(OCc2nnc3sc(N)nn23)c(C)c1. The van der Waals surface area contributed by atoms with Crippen molar-refractivity contribution in [2.45, 2.75) is 27.4 Å². The highest BCUT2D eigenvalue weighted by Gasteiger charge is 2.12. The van der Waals surface area contributed by atoms with Crippen molar-refractivity contribution in [2.75, 3.05) is 5.73 Å². The van der Waals surface area contributed by atoms with Crippen LogP contribution in [-0.2, 0) is 6.61 Å². The highest BCUT2D eigenvalue weighted by molar-refractivity contribution is 7.20. The molecular formula is C13H15N5OS. The van der Waals surface area contributed by atoms with Crippen LogP contribution in [0.4, 0.5) is 5.13 Å². The molecule has 2 N–H and O–H groups in total. The van der Waals surface area contributed by atoms with Crippen LogP contribution in [0.5, 0.6) is 5.75 Å². The van der Waals surface area contributed by atoms with Gasteiger partial charge in [-0.3, -0.25) is 0 Å². The highest BCUT2D eigenvalue weighted by atomic mass is 32.1. The lowest BCUT2D eigenvalue weighted by molar-refractivity contribution is 0.289. The van der Waals surface area contributed by atoms with Gasteiger partial charge in [0.1, 0.15) is 12.4 Å². The van der Waals surface area contributed by atoms with Gasteiger partial charge in [-0.15, -0.1) is 15.3 Å². The monoisotopic (exact) mass is 289 g/mol. The van der Waals surface area contributed by atoms with Crippen molar-refractivity contribution in [1.29, 1.82) is 0 Å². The predicted molar refractivity (Wildman–Crippen MR) is 78.1 cm³/mol. The van der Waals surface area contributed by atoms with Gasteiger partial charge in [-0.05, 0) is 31.9 Å². The highest BCUT2D eigenvalue weighted by Crippen LogP contribution is 2.25. The molecule has 0 atom stereocenters. The first-order chi connectivity index (χ1) is 9.54. The summed E-state index contributed by atoms with van der Waals surface area (Å²) in [6, 6.07) is 4.20. The van der Waals surface area contributed by atoms with E-state index in [1.54, 1.807) is 4.52 Å². The minimum absolute atomic E-state index is 0.315. The van der Waals surface area contributed by atoms with Crippen LogP contribution in [0.2, 0.25) is 0 Å². The molecule has 0 aliphatic heterocycles. The van der Waals surface area contributed by atoms with Crippen molar-refractivity contribution in [3.8, 4) is 5.75 Å². The van der Waals surface area contributed by atoms with Gasteiger partial charge < -0.3 is 10.5 Å². The van der Waals surface area contributed by atoms with Gasteiger partial charge in [0.05, 0.1) is 0 Å². The van der Waals surface area contributed by atoms with E-state index < -0.39 is 0 Å². The maximum atomic E-state index is 5.88.